The molecule has 0 radical (unpaired) electrons. The molecule has 1 fully saturated rings. The third kappa shape index (κ3) is 3.21. The molecule has 16 heavy (non-hydrogen) atoms. The lowest BCUT2D eigenvalue weighted by molar-refractivity contribution is -0.134. The number of hydrogen-bond acceptors (Lipinski definition) is 2. The predicted molar refractivity (Wildman–Crippen MR) is 67.0 cm³/mol. The first-order chi connectivity index (χ1) is 7.36. The molecule has 0 spiro atoms. The van der Waals surface area contributed by atoms with Crippen molar-refractivity contribution in [2.45, 2.75) is 40.5 Å². The zero-order valence-electron chi connectivity index (χ0n) is 11.1. The van der Waals surface area contributed by atoms with Crippen LogP contribution in [0.15, 0.2) is 0 Å². The standard InChI is InChI=1S/C13H26N2O/c1-10(5-7-14)12(16)15-8-6-11(9-15)13(2,3)4/h10-11H,5-9,14H2,1-4H3. The zero-order chi connectivity index (χ0) is 12.3. The van der Waals surface area contributed by atoms with Gasteiger partial charge < -0.3 is 10.6 Å². The fourth-order valence-electron chi connectivity index (χ4n) is 2.35. The number of nitrogens with two attached hydrogens (primary N) is 1. The molecular formula is C13H26N2O. The number of carbonyl (C=O) groups is 1. The van der Waals surface area contributed by atoms with Crippen molar-refractivity contribution in [3.63, 3.8) is 0 Å². The Bertz CT molecular complexity index is 245. The predicted octanol–water partition coefficient (Wildman–Crippen LogP) is 1.87. The van der Waals surface area contributed by atoms with E-state index in [-0.39, 0.29) is 11.8 Å². The number of carbonyl (C=O) groups excluding carboxylic acids is 1. The van der Waals surface area contributed by atoms with Crippen LogP contribution >= 0.6 is 0 Å². The molecule has 1 aliphatic rings. The fourth-order valence-corrected chi connectivity index (χ4v) is 2.35. The summed E-state index contributed by atoms with van der Waals surface area (Å²) in [7, 11) is 0. The first-order valence-electron chi connectivity index (χ1n) is 6.35. The third-order valence-electron chi connectivity index (χ3n) is 3.75. The quantitative estimate of drug-likeness (QED) is 0.798. The van der Waals surface area contributed by atoms with Gasteiger partial charge in [0.25, 0.3) is 0 Å². The van der Waals surface area contributed by atoms with E-state index in [9.17, 15) is 4.79 Å². The number of nitrogens with zero attached hydrogens (tertiary/aromatic N) is 1. The molecule has 1 aliphatic heterocycles. The van der Waals surface area contributed by atoms with E-state index in [1.54, 1.807) is 0 Å². The molecule has 2 unspecified atom stereocenters. The minimum absolute atomic E-state index is 0.0868. The van der Waals surface area contributed by atoms with Crippen molar-refractivity contribution in [1.82, 2.24) is 4.90 Å². The summed E-state index contributed by atoms with van der Waals surface area (Å²) in [5, 5.41) is 0. The molecule has 2 atom stereocenters. The largest absolute Gasteiger partial charge is 0.342 e. The second kappa shape index (κ2) is 5.17. The van der Waals surface area contributed by atoms with Crippen LogP contribution in [0.25, 0.3) is 0 Å². The Kier molecular flexibility index (Phi) is 4.36. The highest BCUT2D eigenvalue weighted by Crippen LogP contribution is 2.34. The van der Waals surface area contributed by atoms with Gasteiger partial charge in [-0.05, 0) is 30.7 Å². The Morgan fingerprint density at radius 2 is 2.12 bits per heavy atom. The zero-order valence-corrected chi connectivity index (χ0v) is 11.1. The monoisotopic (exact) mass is 226 g/mol. The summed E-state index contributed by atoms with van der Waals surface area (Å²) in [5.74, 6) is 1.02. The molecule has 0 aromatic carbocycles. The molecule has 1 amide bonds. The molecule has 0 aromatic heterocycles. The second-order valence-electron chi connectivity index (χ2n) is 6.11. The first-order valence-corrected chi connectivity index (χ1v) is 6.35. The molecule has 3 nitrogen and oxygen atoms in total. The highest BCUT2D eigenvalue weighted by atomic mass is 16.2. The Morgan fingerprint density at radius 3 is 2.56 bits per heavy atom. The van der Waals surface area contributed by atoms with Crippen molar-refractivity contribution in [3.05, 3.63) is 0 Å². The van der Waals surface area contributed by atoms with Crippen molar-refractivity contribution in [3.8, 4) is 0 Å². The van der Waals surface area contributed by atoms with Crippen LogP contribution in [0, 0.1) is 17.3 Å². The van der Waals surface area contributed by atoms with Crippen molar-refractivity contribution in [2.75, 3.05) is 19.6 Å². The molecule has 2 N–H and O–H groups in total. The van der Waals surface area contributed by atoms with Crippen LogP contribution < -0.4 is 5.73 Å². The Morgan fingerprint density at radius 1 is 1.50 bits per heavy atom. The molecule has 0 bridgehead atoms. The van der Waals surface area contributed by atoms with E-state index in [4.69, 9.17) is 5.73 Å². The van der Waals surface area contributed by atoms with Crippen LogP contribution in [-0.4, -0.2) is 30.4 Å². The molecule has 0 saturated carbocycles. The Labute approximate surface area is 99.4 Å². The number of likely N-dealkylation sites (tertiary alicyclic amines) is 1. The summed E-state index contributed by atoms with van der Waals surface area (Å²) < 4.78 is 0. The van der Waals surface area contributed by atoms with Crippen LogP contribution in [0.2, 0.25) is 0 Å². The van der Waals surface area contributed by atoms with E-state index < -0.39 is 0 Å². The summed E-state index contributed by atoms with van der Waals surface area (Å²) in [6, 6.07) is 0. The van der Waals surface area contributed by atoms with E-state index in [1.165, 1.54) is 0 Å². The molecule has 0 aliphatic carbocycles. The first kappa shape index (κ1) is 13.5. The number of rotatable bonds is 3. The summed E-state index contributed by atoms with van der Waals surface area (Å²) in [4.78, 5) is 14.1. The lowest BCUT2D eigenvalue weighted by Crippen LogP contribution is -2.35. The average Bonchev–Trinajstić information content (AvgIpc) is 2.65. The highest BCUT2D eigenvalue weighted by Gasteiger charge is 2.34. The minimum atomic E-state index is 0.0868. The van der Waals surface area contributed by atoms with Crippen LogP contribution in [0.5, 0.6) is 0 Å². The van der Waals surface area contributed by atoms with Crippen LogP contribution in [-0.2, 0) is 4.79 Å². The molecule has 1 heterocycles. The topological polar surface area (TPSA) is 46.3 Å². The summed E-state index contributed by atoms with van der Waals surface area (Å²) >= 11 is 0. The van der Waals surface area contributed by atoms with E-state index in [0.717, 1.165) is 25.9 Å². The van der Waals surface area contributed by atoms with Crippen molar-refractivity contribution in [1.29, 1.82) is 0 Å². The number of amides is 1. The van der Waals surface area contributed by atoms with Crippen LogP contribution in [0.3, 0.4) is 0 Å². The Balaban J connectivity index is 2.50. The number of hydrogen-bond donors (Lipinski definition) is 1. The van der Waals surface area contributed by atoms with Crippen LogP contribution in [0.1, 0.15) is 40.5 Å². The van der Waals surface area contributed by atoms with Gasteiger partial charge in [-0.2, -0.15) is 0 Å². The van der Waals surface area contributed by atoms with Gasteiger partial charge in [-0.3, -0.25) is 4.79 Å². The SMILES string of the molecule is CC(CCN)C(=O)N1CCC(C(C)(C)C)C1. The third-order valence-corrected chi connectivity index (χ3v) is 3.75. The Hall–Kier alpha value is -0.570. The van der Waals surface area contributed by atoms with E-state index in [0.29, 0.717) is 17.9 Å². The van der Waals surface area contributed by atoms with Crippen molar-refractivity contribution >= 4 is 5.91 Å². The minimum Gasteiger partial charge on any atom is -0.342 e. The molecule has 0 aromatic rings. The normalized spacial score (nSPS) is 23.6. The van der Waals surface area contributed by atoms with Crippen molar-refractivity contribution in [2.24, 2.45) is 23.0 Å². The average molecular weight is 226 g/mol. The van der Waals surface area contributed by atoms with Crippen LogP contribution in [0.4, 0.5) is 0 Å². The molecule has 3 heteroatoms. The van der Waals surface area contributed by atoms with Gasteiger partial charge in [0, 0.05) is 19.0 Å². The smallest absolute Gasteiger partial charge is 0.225 e. The summed E-state index contributed by atoms with van der Waals surface area (Å²) in [6.45, 7) is 11.2. The highest BCUT2D eigenvalue weighted by molar-refractivity contribution is 5.78. The second-order valence-corrected chi connectivity index (χ2v) is 6.11. The maximum Gasteiger partial charge on any atom is 0.225 e. The van der Waals surface area contributed by atoms with Crippen molar-refractivity contribution < 1.29 is 4.79 Å². The maximum absolute atomic E-state index is 12.1. The summed E-state index contributed by atoms with van der Waals surface area (Å²) in [5.41, 5.74) is 5.80. The van der Waals surface area contributed by atoms with Gasteiger partial charge in [-0.25, -0.2) is 0 Å². The van der Waals surface area contributed by atoms with Gasteiger partial charge >= 0.3 is 0 Å². The van der Waals surface area contributed by atoms with E-state index in [1.807, 2.05) is 11.8 Å². The summed E-state index contributed by atoms with van der Waals surface area (Å²) in [6.07, 6.45) is 1.94. The molecule has 1 saturated heterocycles. The lowest BCUT2D eigenvalue weighted by atomic mass is 9.80. The van der Waals surface area contributed by atoms with Gasteiger partial charge in [0.2, 0.25) is 5.91 Å². The molecule has 94 valence electrons. The van der Waals surface area contributed by atoms with E-state index in [2.05, 4.69) is 20.8 Å². The molecular weight excluding hydrogens is 200 g/mol. The fraction of sp³-hybridized carbons (Fsp3) is 0.923. The van der Waals surface area contributed by atoms with Gasteiger partial charge in [0.15, 0.2) is 0 Å². The molecule has 1 rings (SSSR count). The maximum atomic E-state index is 12.1. The van der Waals surface area contributed by atoms with E-state index >= 15 is 0 Å². The lowest BCUT2D eigenvalue weighted by Gasteiger charge is -2.27. The van der Waals surface area contributed by atoms with Gasteiger partial charge in [0.05, 0.1) is 0 Å². The van der Waals surface area contributed by atoms with Gasteiger partial charge in [0.1, 0.15) is 0 Å². The van der Waals surface area contributed by atoms with Gasteiger partial charge in [-0.15, -0.1) is 0 Å². The van der Waals surface area contributed by atoms with Gasteiger partial charge in [-0.1, -0.05) is 27.7 Å².